The molecule has 0 saturated heterocycles. The molecule has 5 aliphatic carbocycles. The highest BCUT2D eigenvalue weighted by Gasteiger charge is 2.43. The van der Waals surface area contributed by atoms with Crippen molar-refractivity contribution in [2.24, 2.45) is 95.1 Å². The summed E-state index contributed by atoms with van der Waals surface area (Å²) in [7, 11) is 0. The van der Waals surface area contributed by atoms with Gasteiger partial charge in [-0.15, -0.1) is 0 Å². The van der Waals surface area contributed by atoms with Crippen LogP contribution in [0, 0.1) is 95.1 Å². The van der Waals surface area contributed by atoms with E-state index in [0.29, 0.717) is 59.6 Å². The minimum Gasteiger partial charge on any atom is -0.0776 e. The third-order valence-electron chi connectivity index (χ3n) is 21.3. The second kappa shape index (κ2) is 28.2. The zero-order valence-electron chi connectivity index (χ0n) is 51.1. The summed E-state index contributed by atoms with van der Waals surface area (Å²) in [6.45, 7) is 67.4. The quantitative estimate of drug-likeness (QED) is 0.264. The summed E-state index contributed by atoms with van der Waals surface area (Å²) in [5, 5.41) is 0. The predicted octanol–water partition coefficient (Wildman–Crippen LogP) is 25.5. The fourth-order valence-electron chi connectivity index (χ4n) is 12.9. The van der Waals surface area contributed by atoms with Crippen molar-refractivity contribution in [1.29, 1.82) is 0 Å². The van der Waals surface area contributed by atoms with Gasteiger partial charge in [0.05, 0.1) is 0 Å². The van der Waals surface area contributed by atoms with Crippen LogP contribution in [0.15, 0.2) is 0 Å². The summed E-state index contributed by atoms with van der Waals surface area (Å²) in [4.78, 5) is 0. The molecule has 5 rings (SSSR count). The average molecular weight is 976 g/mol. The highest BCUT2D eigenvalue weighted by atomic mass is 14.5. The van der Waals surface area contributed by atoms with Gasteiger partial charge in [0.1, 0.15) is 0 Å². The Kier molecular flexibility index (Phi) is 30.9. The van der Waals surface area contributed by atoms with Crippen molar-refractivity contribution < 1.29 is 0 Å². The van der Waals surface area contributed by atoms with Crippen molar-refractivity contribution in [3.05, 3.63) is 0 Å². The second-order valence-electron chi connectivity index (χ2n) is 33.1. The molecule has 4 unspecified atom stereocenters. The van der Waals surface area contributed by atoms with Gasteiger partial charge in [-0.1, -0.05) is 236 Å². The highest BCUT2D eigenvalue weighted by molar-refractivity contribution is 4.94. The third kappa shape index (κ3) is 25.4. The van der Waals surface area contributed by atoms with Crippen molar-refractivity contribution in [1.82, 2.24) is 0 Å². The molecule has 0 heteroatoms. The van der Waals surface area contributed by atoms with Crippen molar-refractivity contribution in [3.8, 4) is 0 Å². The lowest BCUT2D eigenvalue weighted by molar-refractivity contribution is 0.0180. The van der Waals surface area contributed by atoms with Crippen LogP contribution in [0.5, 0.6) is 0 Å². The van der Waals surface area contributed by atoms with E-state index >= 15 is 0 Å². The topological polar surface area (TPSA) is 0 Å². The molecule has 422 valence electrons. The molecule has 69 heavy (non-hydrogen) atoms. The van der Waals surface area contributed by atoms with Crippen molar-refractivity contribution in [2.75, 3.05) is 0 Å². The van der Waals surface area contributed by atoms with Crippen LogP contribution in [0.1, 0.15) is 352 Å². The van der Waals surface area contributed by atoms with Gasteiger partial charge in [-0.2, -0.15) is 0 Å². The van der Waals surface area contributed by atoms with E-state index in [-0.39, 0.29) is 29.7 Å². The molecular weight excluding hydrogens is 829 g/mol. The predicted molar refractivity (Wildman–Crippen MR) is 326 cm³/mol. The van der Waals surface area contributed by atoms with Gasteiger partial charge in [-0.3, -0.25) is 0 Å². The van der Waals surface area contributed by atoms with E-state index in [0.717, 1.165) is 35.5 Å². The summed E-state index contributed by atoms with van der Waals surface area (Å²) in [5.74, 6) is 5.61. The van der Waals surface area contributed by atoms with Gasteiger partial charge in [0.2, 0.25) is 0 Å². The Morgan fingerprint density at radius 2 is 0.783 bits per heavy atom. The van der Waals surface area contributed by atoms with Gasteiger partial charge in [0, 0.05) is 0 Å². The van der Waals surface area contributed by atoms with Crippen LogP contribution in [-0.4, -0.2) is 0 Å². The molecule has 5 saturated carbocycles. The van der Waals surface area contributed by atoms with E-state index in [1.54, 1.807) is 0 Å². The normalized spacial score (nSPS) is 29.7. The fraction of sp³-hybridized carbons (Fsp3) is 1.00. The van der Waals surface area contributed by atoms with Gasteiger partial charge < -0.3 is 0 Å². The molecule has 0 nitrogen and oxygen atoms in total. The van der Waals surface area contributed by atoms with E-state index < -0.39 is 0 Å². The summed E-state index contributed by atoms with van der Waals surface area (Å²) < 4.78 is 0. The molecule has 0 N–H and O–H groups in total. The fourth-order valence-corrected chi connectivity index (χ4v) is 12.9. The average Bonchev–Trinajstić information content (AvgIpc) is 3.13. The van der Waals surface area contributed by atoms with Crippen LogP contribution in [0.2, 0.25) is 0 Å². The molecule has 0 aliphatic heterocycles. The zero-order valence-corrected chi connectivity index (χ0v) is 51.1. The van der Waals surface area contributed by atoms with Crippen molar-refractivity contribution >= 4 is 0 Å². The number of rotatable bonds is 3. The summed E-state index contributed by atoms with van der Waals surface area (Å²) in [6.07, 6.45) is 28.4. The van der Waals surface area contributed by atoms with Crippen LogP contribution < -0.4 is 0 Å². The van der Waals surface area contributed by atoms with Crippen molar-refractivity contribution in [3.63, 3.8) is 0 Å². The van der Waals surface area contributed by atoms with Gasteiger partial charge in [0.15, 0.2) is 0 Å². The van der Waals surface area contributed by atoms with E-state index in [1.807, 2.05) is 0 Å². The van der Waals surface area contributed by atoms with Crippen LogP contribution in [0.25, 0.3) is 0 Å². The molecule has 0 aromatic carbocycles. The monoisotopic (exact) mass is 975 g/mol. The summed E-state index contributed by atoms with van der Waals surface area (Å²) >= 11 is 0. The minimum absolute atomic E-state index is 0. The van der Waals surface area contributed by atoms with Crippen LogP contribution in [0.4, 0.5) is 0 Å². The maximum atomic E-state index is 2.47. The second-order valence-corrected chi connectivity index (χ2v) is 33.1. The molecular formula is C69H146. The van der Waals surface area contributed by atoms with Crippen molar-refractivity contribution in [2.45, 2.75) is 352 Å². The van der Waals surface area contributed by atoms with Gasteiger partial charge in [-0.25, -0.2) is 0 Å². The first-order valence-corrected chi connectivity index (χ1v) is 28.9. The molecule has 5 fully saturated rings. The largest absolute Gasteiger partial charge is 0.0776 e. The molecule has 0 amide bonds. The van der Waals surface area contributed by atoms with Crippen LogP contribution in [0.3, 0.4) is 0 Å². The van der Waals surface area contributed by atoms with E-state index in [1.165, 1.54) is 128 Å². The molecule has 0 spiro atoms. The van der Waals surface area contributed by atoms with Gasteiger partial charge in [-0.05, 0) is 211 Å². The zero-order chi connectivity index (χ0) is 51.1. The molecule has 0 heterocycles. The Bertz CT molecular complexity index is 1290. The van der Waals surface area contributed by atoms with E-state index in [4.69, 9.17) is 0 Å². The van der Waals surface area contributed by atoms with Crippen LogP contribution >= 0.6 is 0 Å². The maximum Gasteiger partial charge on any atom is -0.0277 e. The molecule has 0 radical (unpaired) electrons. The van der Waals surface area contributed by atoms with Gasteiger partial charge in [0.25, 0.3) is 0 Å². The Morgan fingerprint density at radius 3 is 1.12 bits per heavy atom. The number of hydrogen-bond donors (Lipinski definition) is 0. The minimum atomic E-state index is 0. The lowest BCUT2D eigenvalue weighted by Gasteiger charge is -2.49. The first-order chi connectivity index (χ1) is 28.9. The molecule has 0 bridgehead atoms. The standard InChI is InChI=1S/5C13H26.4CH4/c1-11(2,3)13(6)9-7-12(4,5)8-10-13;1-10-9-13(5,6)8-7-11(10)12(2,3)4;1-10-9-11(12(2,3)4)7-8-13(10,5)6;1-6-13(4,5)11-7-9-12(2,3)10-8-11;1-6-13(5)9-7-11(8-10-13)12(2,3)4;;;;/h7-10H2,1-6H3;2*10-11H,7-9H2,1-6H3;2*11H,6-10H2,1-5H3;4*1H4. The summed E-state index contributed by atoms with van der Waals surface area (Å²) in [6, 6.07) is 0. The Morgan fingerprint density at radius 1 is 0.406 bits per heavy atom. The van der Waals surface area contributed by atoms with Crippen LogP contribution in [-0.2, 0) is 0 Å². The van der Waals surface area contributed by atoms with E-state index in [2.05, 4.69) is 194 Å². The van der Waals surface area contributed by atoms with Gasteiger partial charge >= 0.3 is 0 Å². The maximum absolute atomic E-state index is 2.47. The smallest absolute Gasteiger partial charge is 0.0277 e. The lowest BCUT2D eigenvalue weighted by atomic mass is 9.56. The highest BCUT2D eigenvalue weighted by Crippen LogP contribution is 2.54. The molecule has 4 atom stereocenters. The molecule has 5 aliphatic rings. The molecule has 0 aromatic heterocycles. The Hall–Kier alpha value is 0. The Labute approximate surface area is 445 Å². The first kappa shape index (κ1) is 75.5. The lowest BCUT2D eigenvalue weighted by Crippen LogP contribution is -2.38. The summed E-state index contributed by atoms with van der Waals surface area (Å²) in [5.41, 5.74) is 6.27. The Balaban J connectivity index is -0.000000377. The van der Waals surface area contributed by atoms with E-state index in [9.17, 15) is 0 Å². The SMILES string of the molecule is C.C.C.C.CC1(C)CCC(C)(C(C)(C)C)CC1.CC1CC(C(C)(C)C)CCC1(C)C.CC1CC(C)(C)CCC1C(C)(C)C.CCC(C)(C)C1CCC(C)(C)CC1.CCC1(C)CCC(C(C)(C)C)CC1. The number of hydrogen-bond acceptors (Lipinski definition) is 0. The molecule has 0 aromatic rings. The first-order valence-electron chi connectivity index (χ1n) is 28.9. The third-order valence-corrected chi connectivity index (χ3v) is 21.3.